The summed E-state index contributed by atoms with van der Waals surface area (Å²) in [5.41, 5.74) is 1.04. The van der Waals surface area contributed by atoms with E-state index in [2.05, 4.69) is 20.5 Å². The van der Waals surface area contributed by atoms with Crippen molar-refractivity contribution in [3.8, 4) is 23.1 Å². The highest BCUT2D eigenvalue weighted by Gasteiger charge is 2.30. The molecular formula is C18H20N6O4. The Bertz CT molecular complexity index is 975. The number of aryl methyl sites for hydroxylation is 1. The van der Waals surface area contributed by atoms with Gasteiger partial charge in [-0.1, -0.05) is 10.4 Å². The number of hydrogen-bond acceptors (Lipinski definition) is 8. The van der Waals surface area contributed by atoms with Gasteiger partial charge in [0, 0.05) is 24.7 Å². The third kappa shape index (κ3) is 3.40. The van der Waals surface area contributed by atoms with Crippen molar-refractivity contribution in [1.82, 2.24) is 30.0 Å². The first-order chi connectivity index (χ1) is 13.6. The predicted molar refractivity (Wildman–Crippen MR) is 97.2 cm³/mol. The van der Waals surface area contributed by atoms with E-state index in [9.17, 15) is 4.79 Å². The Labute approximate surface area is 161 Å². The smallest absolute Gasteiger partial charge is 0.280 e. The van der Waals surface area contributed by atoms with E-state index in [0.29, 0.717) is 47.6 Å². The normalized spacial score (nSPS) is 16.4. The zero-order valence-electron chi connectivity index (χ0n) is 15.8. The molecule has 0 radical (unpaired) electrons. The summed E-state index contributed by atoms with van der Waals surface area (Å²) in [5.74, 6) is 1.95. The molecule has 2 aromatic heterocycles. The molecule has 28 heavy (non-hydrogen) atoms. The molecule has 4 rings (SSSR count). The third-order valence-electron chi connectivity index (χ3n) is 4.68. The fourth-order valence-corrected chi connectivity index (χ4v) is 3.21. The highest BCUT2D eigenvalue weighted by molar-refractivity contribution is 5.95. The molecule has 0 saturated carbocycles. The maximum absolute atomic E-state index is 12.9. The first-order valence-corrected chi connectivity index (χ1v) is 8.82. The lowest BCUT2D eigenvalue weighted by atomic mass is 10.1. The maximum atomic E-state index is 12.9. The lowest BCUT2D eigenvalue weighted by molar-refractivity contribution is 0.0786. The molecule has 1 atom stereocenters. The largest absolute Gasteiger partial charge is 0.497 e. The summed E-state index contributed by atoms with van der Waals surface area (Å²) in [6, 6.07) is 5.19. The number of rotatable bonds is 5. The molecule has 10 heteroatoms. The number of ether oxygens (including phenoxy) is 2. The van der Waals surface area contributed by atoms with Crippen LogP contribution in [0, 0.1) is 6.92 Å². The molecule has 1 fully saturated rings. The van der Waals surface area contributed by atoms with Gasteiger partial charge in [0.1, 0.15) is 11.5 Å². The molecule has 0 aliphatic carbocycles. The van der Waals surface area contributed by atoms with Gasteiger partial charge in [0.15, 0.2) is 11.5 Å². The predicted octanol–water partition coefficient (Wildman–Crippen LogP) is 1.74. The van der Waals surface area contributed by atoms with Crippen LogP contribution in [0.2, 0.25) is 0 Å². The van der Waals surface area contributed by atoms with E-state index in [4.69, 9.17) is 14.0 Å². The van der Waals surface area contributed by atoms with E-state index in [-0.39, 0.29) is 11.9 Å². The topological polar surface area (TPSA) is 108 Å². The van der Waals surface area contributed by atoms with Gasteiger partial charge in [-0.05, 0) is 25.5 Å². The molecular weight excluding hydrogens is 364 g/mol. The van der Waals surface area contributed by atoms with Crippen LogP contribution in [0.4, 0.5) is 0 Å². The molecule has 0 unspecified atom stereocenters. The summed E-state index contributed by atoms with van der Waals surface area (Å²) in [6.07, 6.45) is 2.54. The minimum atomic E-state index is -0.0763. The van der Waals surface area contributed by atoms with Crippen LogP contribution in [0.25, 0.3) is 11.6 Å². The van der Waals surface area contributed by atoms with Gasteiger partial charge in [-0.25, -0.2) is 4.68 Å². The summed E-state index contributed by atoms with van der Waals surface area (Å²) < 4.78 is 17.4. The van der Waals surface area contributed by atoms with Crippen molar-refractivity contribution >= 4 is 5.91 Å². The van der Waals surface area contributed by atoms with Crippen molar-refractivity contribution in [2.45, 2.75) is 19.4 Å². The number of amides is 1. The Kier molecular flexibility index (Phi) is 4.68. The molecule has 10 nitrogen and oxygen atoms in total. The average molecular weight is 384 g/mol. The van der Waals surface area contributed by atoms with Crippen LogP contribution < -0.4 is 9.47 Å². The molecule has 1 aromatic carbocycles. The van der Waals surface area contributed by atoms with Gasteiger partial charge in [0.25, 0.3) is 11.8 Å². The van der Waals surface area contributed by atoms with E-state index in [0.717, 1.165) is 6.42 Å². The second-order valence-corrected chi connectivity index (χ2v) is 6.53. The first kappa shape index (κ1) is 18.0. The second kappa shape index (κ2) is 7.29. The number of aromatic nitrogens is 5. The number of benzene rings is 1. The van der Waals surface area contributed by atoms with Crippen molar-refractivity contribution in [1.29, 1.82) is 0 Å². The Hall–Kier alpha value is -3.43. The number of methoxy groups -OCH3 is 2. The summed E-state index contributed by atoms with van der Waals surface area (Å²) in [7, 11) is 3.12. The van der Waals surface area contributed by atoms with E-state index >= 15 is 0 Å². The van der Waals surface area contributed by atoms with Crippen LogP contribution in [-0.2, 0) is 0 Å². The van der Waals surface area contributed by atoms with Gasteiger partial charge in [0.05, 0.1) is 26.5 Å². The standard InChI is InChI=1S/C18H20N6O4/c1-11-19-17(28-21-11)16-10-24(22-20-16)13-4-5-23(9-13)18(25)12-6-14(26-2)8-15(7-12)27-3/h6-8,10,13H,4-5,9H2,1-3H3/t13-/m1/s1. The minimum Gasteiger partial charge on any atom is -0.497 e. The summed E-state index contributed by atoms with van der Waals surface area (Å²) in [6.45, 7) is 2.90. The van der Waals surface area contributed by atoms with Crippen LogP contribution in [-0.4, -0.2) is 63.3 Å². The lowest BCUT2D eigenvalue weighted by Gasteiger charge is -2.17. The minimum absolute atomic E-state index is 0.0294. The Morgan fingerprint density at radius 3 is 2.61 bits per heavy atom. The summed E-state index contributed by atoms with van der Waals surface area (Å²) >= 11 is 0. The summed E-state index contributed by atoms with van der Waals surface area (Å²) in [4.78, 5) is 18.9. The molecule has 0 bridgehead atoms. The van der Waals surface area contributed by atoms with Crippen molar-refractivity contribution in [3.63, 3.8) is 0 Å². The maximum Gasteiger partial charge on any atom is 0.280 e. The third-order valence-corrected chi connectivity index (χ3v) is 4.68. The Balaban J connectivity index is 1.48. The summed E-state index contributed by atoms with van der Waals surface area (Å²) in [5, 5.41) is 12.0. The van der Waals surface area contributed by atoms with Crippen LogP contribution in [0.3, 0.4) is 0 Å². The molecule has 1 aliphatic heterocycles. The van der Waals surface area contributed by atoms with Crippen LogP contribution in [0.1, 0.15) is 28.6 Å². The fraction of sp³-hybridized carbons (Fsp3) is 0.389. The van der Waals surface area contributed by atoms with Crippen LogP contribution >= 0.6 is 0 Å². The van der Waals surface area contributed by atoms with Crippen LogP contribution in [0.15, 0.2) is 28.9 Å². The van der Waals surface area contributed by atoms with E-state index < -0.39 is 0 Å². The monoisotopic (exact) mass is 384 g/mol. The molecule has 146 valence electrons. The molecule has 1 saturated heterocycles. The van der Waals surface area contributed by atoms with Gasteiger partial charge in [0.2, 0.25) is 0 Å². The van der Waals surface area contributed by atoms with Gasteiger partial charge in [-0.2, -0.15) is 4.98 Å². The molecule has 0 N–H and O–H groups in total. The van der Waals surface area contributed by atoms with Crippen LogP contribution in [0.5, 0.6) is 11.5 Å². The molecule has 1 amide bonds. The number of nitrogens with zero attached hydrogens (tertiary/aromatic N) is 6. The highest BCUT2D eigenvalue weighted by Crippen LogP contribution is 2.27. The molecule has 3 aromatic rings. The number of likely N-dealkylation sites (tertiary alicyclic amines) is 1. The van der Waals surface area contributed by atoms with E-state index in [1.165, 1.54) is 0 Å². The number of hydrogen-bond donors (Lipinski definition) is 0. The Morgan fingerprint density at radius 2 is 1.96 bits per heavy atom. The second-order valence-electron chi connectivity index (χ2n) is 6.53. The molecule has 0 spiro atoms. The number of carbonyl (C=O) groups is 1. The van der Waals surface area contributed by atoms with Crippen molar-refractivity contribution < 1.29 is 18.8 Å². The lowest BCUT2D eigenvalue weighted by Crippen LogP contribution is -2.29. The zero-order valence-corrected chi connectivity index (χ0v) is 15.8. The Morgan fingerprint density at radius 1 is 1.21 bits per heavy atom. The molecule has 3 heterocycles. The zero-order chi connectivity index (χ0) is 19.7. The quantitative estimate of drug-likeness (QED) is 0.654. The van der Waals surface area contributed by atoms with Crippen molar-refractivity contribution in [2.75, 3.05) is 27.3 Å². The van der Waals surface area contributed by atoms with Gasteiger partial charge >= 0.3 is 0 Å². The van der Waals surface area contributed by atoms with Gasteiger partial charge in [-0.15, -0.1) is 5.10 Å². The molecule has 1 aliphatic rings. The SMILES string of the molecule is COc1cc(OC)cc(C(=O)N2CC[C@@H](n3cc(-c4nc(C)no4)nn3)C2)c1. The van der Waals surface area contributed by atoms with E-state index in [1.54, 1.807) is 55.1 Å². The highest BCUT2D eigenvalue weighted by atomic mass is 16.5. The number of carbonyl (C=O) groups excluding carboxylic acids is 1. The van der Waals surface area contributed by atoms with Crippen molar-refractivity contribution in [2.24, 2.45) is 0 Å². The average Bonchev–Trinajstić information content (AvgIpc) is 3.46. The van der Waals surface area contributed by atoms with E-state index in [1.807, 2.05) is 0 Å². The van der Waals surface area contributed by atoms with Gasteiger partial charge in [-0.3, -0.25) is 4.79 Å². The van der Waals surface area contributed by atoms with Gasteiger partial charge < -0.3 is 18.9 Å². The first-order valence-electron chi connectivity index (χ1n) is 8.82. The fourth-order valence-electron chi connectivity index (χ4n) is 3.21. The van der Waals surface area contributed by atoms with Crippen molar-refractivity contribution in [3.05, 3.63) is 35.8 Å².